The average molecular weight is 375 g/mol. The zero-order valence-corrected chi connectivity index (χ0v) is 16.8. The topological polar surface area (TPSA) is 58.2 Å². The molecule has 2 N–H and O–H groups in total. The van der Waals surface area contributed by atoms with Crippen LogP contribution in [0.1, 0.15) is 56.8 Å². The van der Waals surface area contributed by atoms with Crippen molar-refractivity contribution in [3.8, 4) is 0 Å². The summed E-state index contributed by atoms with van der Waals surface area (Å²) >= 11 is 1.42. The summed E-state index contributed by atoms with van der Waals surface area (Å²) in [5.74, 6) is 2.59. The molecule has 2 aliphatic carbocycles. The van der Waals surface area contributed by atoms with Gasteiger partial charge in [-0.25, -0.2) is 0 Å². The molecule has 2 aliphatic rings. The van der Waals surface area contributed by atoms with Gasteiger partial charge in [-0.1, -0.05) is 18.6 Å². The third kappa shape index (κ3) is 4.61. The van der Waals surface area contributed by atoms with Crippen LogP contribution in [0.3, 0.4) is 0 Å². The molecule has 4 nitrogen and oxygen atoms in total. The van der Waals surface area contributed by atoms with Gasteiger partial charge in [0.2, 0.25) is 5.91 Å². The first-order valence-corrected chi connectivity index (χ1v) is 10.7. The fraction of sp³-hybridized carbons (Fsp3) is 0.619. The molecule has 0 aromatic heterocycles. The van der Waals surface area contributed by atoms with Gasteiger partial charge in [0, 0.05) is 17.0 Å². The van der Waals surface area contributed by atoms with Crippen molar-refractivity contribution in [1.29, 1.82) is 0 Å². The lowest BCUT2D eigenvalue weighted by Gasteiger charge is -2.28. The Labute approximate surface area is 160 Å². The van der Waals surface area contributed by atoms with E-state index in [2.05, 4.69) is 17.6 Å². The number of hydrogen-bond acceptors (Lipinski definition) is 3. The van der Waals surface area contributed by atoms with E-state index < -0.39 is 0 Å². The van der Waals surface area contributed by atoms with Crippen molar-refractivity contribution >= 4 is 23.6 Å². The van der Waals surface area contributed by atoms with Gasteiger partial charge in [0.1, 0.15) is 0 Å². The second-order valence-electron chi connectivity index (χ2n) is 8.11. The predicted octanol–water partition coefficient (Wildman–Crippen LogP) is 3.86. The van der Waals surface area contributed by atoms with Gasteiger partial charge in [-0.15, -0.1) is 11.8 Å². The molecule has 0 aliphatic heterocycles. The largest absolute Gasteiger partial charge is 0.353 e. The molecule has 142 valence electrons. The molecule has 0 spiro atoms. The number of carbonyl (C=O) groups excluding carboxylic acids is 2. The van der Waals surface area contributed by atoms with Crippen molar-refractivity contribution in [3.63, 3.8) is 0 Å². The summed E-state index contributed by atoms with van der Waals surface area (Å²) in [7, 11) is 0. The maximum Gasteiger partial charge on any atom is 0.252 e. The van der Waals surface area contributed by atoms with Crippen molar-refractivity contribution in [2.75, 3.05) is 5.75 Å². The maximum absolute atomic E-state index is 12.8. The lowest BCUT2D eigenvalue weighted by molar-refractivity contribution is -0.119. The summed E-state index contributed by atoms with van der Waals surface area (Å²) in [6, 6.07) is 7.91. The highest BCUT2D eigenvalue weighted by Crippen LogP contribution is 2.49. The number of nitrogens with one attached hydrogen (secondary N) is 2. The van der Waals surface area contributed by atoms with E-state index in [1.807, 2.05) is 38.1 Å². The first-order valence-electron chi connectivity index (χ1n) is 9.76. The second-order valence-corrected chi connectivity index (χ2v) is 9.13. The Hall–Kier alpha value is -1.49. The zero-order chi connectivity index (χ0) is 18.7. The summed E-state index contributed by atoms with van der Waals surface area (Å²) in [6.07, 6.45) is 5.31. The molecule has 1 aromatic rings. The van der Waals surface area contributed by atoms with Gasteiger partial charge < -0.3 is 10.6 Å². The predicted molar refractivity (Wildman–Crippen MR) is 106 cm³/mol. The van der Waals surface area contributed by atoms with Crippen molar-refractivity contribution in [2.24, 2.45) is 17.8 Å². The van der Waals surface area contributed by atoms with Gasteiger partial charge >= 0.3 is 0 Å². The fourth-order valence-corrected chi connectivity index (χ4v) is 5.45. The molecule has 0 radical (unpaired) electrons. The normalized spacial score (nSPS) is 25.3. The van der Waals surface area contributed by atoms with Crippen molar-refractivity contribution in [1.82, 2.24) is 10.6 Å². The highest BCUT2D eigenvalue weighted by atomic mass is 32.2. The smallest absolute Gasteiger partial charge is 0.252 e. The minimum atomic E-state index is -0.0207. The van der Waals surface area contributed by atoms with Crippen LogP contribution in [-0.2, 0) is 4.79 Å². The molecule has 0 heterocycles. The van der Waals surface area contributed by atoms with Gasteiger partial charge in [0.15, 0.2) is 0 Å². The Morgan fingerprint density at radius 1 is 1.12 bits per heavy atom. The molecule has 2 saturated carbocycles. The van der Waals surface area contributed by atoms with Gasteiger partial charge in [0.25, 0.3) is 5.91 Å². The van der Waals surface area contributed by atoms with Gasteiger partial charge in [-0.3, -0.25) is 9.59 Å². The van der Waals surface area contributed by atoms with Crippen LogP contribution in [0.4, 0.5) is 0 Å². The maximum atomic E-state index is 12.8. The molecule has 2 bridgehead atoms. The Kier molecular flexibility index (Phi) is 6.28. The Morgan fingerprint density at radius 2 is 1.88 bits per heavy atom. The second kappa shape index (κ2) is 8.47. The quantitative estimate of drug-likeness (QED) is 0.713. The molecule has 3 rings (SSSR count). The zero-order valence-electron chi connectivity index (χ0n) is 16.0. The summed E-state index contributed by atoms with van der Waals surface area (Å²) < 4.78 is 0. The lowest BCUT2D eigenvalue weighted by atomic mass is 9.84. The molecule has 1 aromatic carbocycles. The van der Waals surface area contributed by atoms with Crippen LogP contribution in [0.2, 0.25) is 0 Å². The minimum Gasteiger partial charge on any atom is -0.353 e. The van der Waals surface area contributed by atoms with Crippen LogP contribution in [0.15, 0.2) is 29.2 Å². The average Bonchev–Trinajstić information content (AvgIpc) is 3.23. The number of hydrogen-bond donors (Lipinski definition) is 2. The number of fused-ring (bicyclic) bond motifs is 2. The summed E-state index contributed by atoms with van der Waals surface area (Å²) in [4.78, 5) is 25.6. The van der Waals surface area contributed by atoms with Crippen molar-refractivity contribution in [2.45, 2.75) is 63.4 Å². The van der Waals surface area contributed by atoms with Crippen LogP contribution in [0, 0.1) is 17.8 Å². The van der Waals surface area contributed by atoms with E-state index in [1.165, 1.54) is 37.4 Å². The Morgan fingerprint density at radius 3 is 2.54 bits per heavy atom. The molecule has 4 atom stereocenters. The van der Waals surface area contributed by atoms with Crippen LogP contribution < -0.4 is 10.6 Å². The van der Waals surface area contributed by atoms with Crippen LogP contribution in [-0.4, -0.2) is 29.7 Å². The third-order valence-electron chi connectivity index (χ3n) is 5.73. The summed E-state index contributed by atoms with van der Waals surface area (Å²) in [5.41, 5.74) is 0.671. The van der Waals surface area contributed by atoms with E-state index in [0.717, 1.165) is 16.7 Å². The molecule has 5 heteroatoms. The molecule has 4 unspecified atom stereocenters. The molecule has 2 amide bonds. The number of thioether (sulfide) groups is 1. The first kappa shape index (κ1) is 19.3. The van der Waals surface area contributed by atoms with E-state index in [1.54, 1.807) is 0 Å². The molecule has 0 saturated heterocycles. The lowest BCUT2D eigenvalue weighted by Crippen LogP contribution is -2.40. The van der Waals surface area contributed by atoms with Gasteiger partial charge in [-0.2, -0.15) is 0 Å². The first-order chi connectivity index (χ1) is 12.4. The molecule has 2 fully saturated rings. The monoisotopic (exact) mass is 374 g/mol. The SMILES string of the molecule is CC(C)NC(=O)CSc1ccccc1C(=O)NC(C)C1CC2CCC1C2. The third-order valence-corrected chi connectivity index (χ3v) is 6.81. The van der Waals surface area contributed by atoms with Crippen LogP contribution >= 0.6 is 11.8 Å². The standard InChI is InChI=1S/C21H30N2O2S/c1-13(2)22-20(24)12-26-19-7-5-4-6-17(19)21(25)23-14(3)18-11-15-8-9-16(18)10-15/h4-7,13-16,18H,8-12H2,1-3H3,(H,22,24)(H,23,25). The van der Waals surface area contributed by atoms with Gasteiger partial charge in [-0.05, 0) is 69.9 Å². The van der Waals surface area contributed by atoms with E-state index in [0.29, 0.717) is 17.2 Å². The number of benzene rings is 1. The molecular formula is C21H30N2O2S. The molecule has 26 heavy (non-hydrogen) atoms. The number of amides is 2. The van der Waals surface area contributed by atoms with Gasteiger partial charge in [0.05, 0.1) is 11.3 Å². The summed E-state index contributed by atoms with van der Waals surface area (Å²) in [6.45, 7) is 6.04. The number of carbonyl (C=O) groups is 2. The van der Waals surface area contributed by atoms with E-state index in [9.17, 15) is 9.59 Å². The highest BCUT2D eigenvalue weighted by molar-refractivity contribution is 8.00. The van der Waals surface area contributed by atoms with Crippen LogP contribution in [0.25, 0.3) is 0 Å². The molecular weight excluding hydrogens is 344 g/mol. The van der Waals surface area contributed by atoms with Crippen LogP contribution in [0.5, 0.6) is 0 Å². The fourth-order valence-electron chi connectivity index (χ4n) is 4.58. The highest BCUT2D eigenvalue weighted by Gasteiger charge is 2.42. The Bertz CT molecular complexity index is 661. The minimum absolute atomic E-state index is 0.00411. The van der Waals surface area contributed by atoms with E-state index in [-0.39, 0.29) is 23.9 Å². The number of rotatable bonds is 7. The van der Waals surface area contributed by atoms with E-state index >= 15 is 0 Å². The van der Waals surface area contributed by atoms with Crippen molar-refractivity contribution in [3.05, 3.63) is 29.8 Å². The van der Waals surface area contributed by atoms with Crippen molar-refractivity contribution < 1.29 is 9.59 Å². The Balaban J connectivity index is 1.59. The summed E-state index contributed by atoms with van der Waals surface area (Å²) in [5, 5.41) is 6.12. The van der Waals surface area contributed by atoms with E-state index in [4.69, 9.17) is 0 Å².